The van der Waals surface area contributed by atoms with Crippen molar-refractivity contribution in [2.75, 3.05) is 19.6 Å². The molecule has 0 bridgehead atoms. The van der Waals surface area contributed by atoms with Gasteiger partial charge in [-0.3, -0.25) is 9.59 Å². The Morgan fingerprint density at radius 1 is 0.972 bits per heavy atom. The largest absolute Gasteiger partial charge is 0.490 e. The second-order valence-corrected chi connectivity index (χ2v) is 9.53. The van der Waals surface area contributed by atoms with Gasteiger partial charge >= 0.3 is 12.1 Å². The number of nitrogens with one attached hydrogen (secondary N) is 1. The summed E-state index contributed by atoms with van der Waals surface area (Å²) in [6.45, 7) is 1.57. The predicted octanol–water partition coefficient (Wildman–Crippen LogP) is 4.39. The van der Waals surface area contributed by atoms with Crippen LogP contribution in [0.3, 0.4) is 0 Å². The molecule has 188 valence electrons. The molecule has 0 saturated carbocycles. The first-order valence-corrected chi connectivity index (χ1v) is 12.7. The molecule has 2 aromatic carbocycles. The van der Waals surface area contributed by atoms with E-state index in [0.717, 1.165) is 12.0 Å². The van der Waals surface area contributed by atoms with Crippen LogP contribution in [-0.4, -0.2) is 53.7 Å². The first-order chi connectivity index (χ1) is 17.5. The van der Waals surface area contributed by atoms with Crippen molar-refractivity contribution < 1.29 is 29.0 Å². The van der Waals surface area contributed by atoms with Crippen molar-refractivity contribution in [3.05, 3.63) is 82.0 Å². The first-order valence-electron chi connectivity index (χ1n) is 11.8. The number of likely N-dealkylation sites (tertiary alicyclic amines) is 1. The average Bonchev–Trinajstić information content (AvgIpc) is 3.39. The lowest BCUT2D eigenvalue weighted by Gasteiger charge is -2.31. The van der Waals surface area contributed by atoms with E-state index >= 15 is 0 Å². The molecular formula is C27H28N2O6S. The van der Waals surface area contributed by atoms with Crippen LogP contribution in [0.15, 0.2) is 66.0 Å². The number of carbonyl (C=O) groups is 3. The Kier molecular flexibility index (Phi) is 8.57. The number of thiophene rings is 1. The molecule has 1 aromatic heterocycles. The van der Waals surface area contributed by atoms with Crippen LogP contribution in [0.2, 0.25) is 0 Å². The molecular weight excluding hydrogens is 480 g/mol. The summed E-state index contributed by atoms with van der Waals surface area (Å²) in [5.41, 5.74) is 1.23. The SMILES string of the molecule is O=C(O)Cc1ccc(OC2CCN(C(=O)Oc3ccc(C(=O)NCCc4cccs4)cc3)CC2)cc1. The summed E-state index contributed by atoms with van der Waals surface area (Å²) in [6.07, 6.45) is 1.64. The maximum Gasteiger partial charge on any atom is 0.415 e. The fraction of sp³-hybridized carbons (Fsp3) is 0.296. The minimum atomic E-state index is -0.871. The number of piperidine rings is 1. The van der Waals surface area contributed by atoms with E-state index in [1.165, 1.54) is 4.88 Å². The number of aliphatic carboxylic acids is 1. The van der Waals surface area contributed by atoms with E-state index in [1.807, 2.05) is 17.5 Å². The molecule has 4 rings (SSSR count). The summed E-state index contributed by atoms with van der Waals surface area (Å²) in [4.78, 5) is 38.5. The van der Waals surface area contributed by atoms with Crippen LogP contribution in [-0.2, 0) is 17.6 Å². The molecule has 9 heteroatoms. The standard InChI is InChI=1S/C27H28N2O6S/c30-25(31)18-19-3-7-21(8-4-19)34-23-12-15-29(16-13-23)27(33)35-22-9-5-20(6-10-22)26(32)28-14-11-24-2-1-17-36-24/h1-10,17,23H,11-16,18H2,(H,28,32)(H,30,31). The van der Waals surface area contributed by atoms with Crippen LogP contribution < -0.4 is 14.8 Å². The first kappa shape index (κ1) is 25.2. The van der Waals surface area contributed by atoms with Gasteiger partial charge in [-0.2, -0.15) is 0 Å². The Hall–Kier alpha value is -3.85. The summed E-state index contributed by atoms with van der Waals surface area (Å²) >= 11 is 1.66. The fourth-order valence-electron chi connectivity index (χ4n) is 3.91. The van der Waals surface area contributed by atoms with Gasteiger partial charge < -0.3 is 24.8 Å². The van der Waals surface area contributed by atoms with Crippen LogP contribution in [0.1, 0.15) is 33.6 Å². The Balaban J connectivity index is 1.18. The van der Waals surface area contributed by atoms with Gasteiger partial charge in [-0.05, 0) is 59.8 Å². The van der Waals surface area contributed by atoms with Crippen LogP contribution >= 0.6 is 11.3 Å². The highest BCUT2D eigenvalue weighted by atomic mass is 32.1. The lowest BCUT2D eigenvalue weighted by atomic mass is 10.1. The van der Waals surface area contributed by atoms with E-state index in [9.17, 15) is 14.4 Å². The van der Waals surface area contributed by atoms with Gasteiger partial charge in [-0.1, -0.05) is 18.2 Å². The van der Waals surface area contributed by atoms with Gasteiger partial charge in [0.05, 0.1) is 6.42 Å². The average molecular weight is 509 g/mol. The molecule has 0 spiro atoms. The third kappa shape index (κ3) is 7.32. The lowest BCUT2D eigenvalue weighted by molar-refractivity contribution is -0.136. The van der Waals surface area contributed by atoms with Gasteiger partial charge in [0.2, 0.25) is 0 Å². The Morgan fingerprint density at radius 2 is 1.67 bits per heavy atom. The minimum absolute atomic E-state index is 0.0211. The van der Waals surface area contributed by atoms with E-state index in [2.05, 4.69) is 5.32 Å². The van der Waals surface area contributed by atoms with Crippen molar-refractivity contribution in [1.29, 1.82) is 0 Å². The van der Waals surface area contributed by atoms with Crippen molar-refractivity contribution in [3.8, 4) is 11.5 Å². The van der Waals surface area contributed by atoms with E-state index in [1.54, 1.807) is 64.8 Å². The summed E-state index contributed by atoms with van der Waals surface area (Å²) in [5, 5.41) is 13.8. The van der Waals surface area contributed by atoms with Crippen molar-refractivity contribution in [1.82, 2.24) is 10.2 Å². The Bertz CT molecular complexity index is 1150. The van der Waals surface area contributed by atoms with Crippen LogP contribution in [0.25, 0.3) is 0 Å². The van der Waals surface area contributed by atoms with Crippen molar-refractivity contribution >= 4 is 29.3 Å². The number of nitrogens with zero attached hydrogens (tertiary/aromatic N) is 1. The number of carbonyl (C=O) groups excluding carboxylic acids is 2. The van der Waals surface area contributed by atoms with E-state index in [0.29, 0.717) is 49.5 Å². The summed E-state index contributed by atoms with van der Waals surface area (Å²) in [7, 11) is 0. The predicted molar refractivity (Wildman–Crippen MR) is 136 cm³/mol. The van der Waals surface area contributed by atoms with Gasteiger partial charge in [-0.15, -0.1) is 11.3 Å². The van der Waals surface area contributed by atoms with Gasteiger partial charge in [0, 0.05) is 42.9 Å². The smallest absolute Gasteiger partial charge is 0.415 e. The molecule has 8 nitrogen and oxygen atoms in total. The summed E-state index contributed by atoms with van der Waals surface area (Å²) < 4.78 is 11.5. The molecule has 1 aliphatic heterocycles. The molecule has 0 atom stereocenters. The maximum atomic E-state index is 12.6. The van der Waals surface area contributed by atoms with Crippen molar-refractivity contribution in [3.63, 3.8) is 0 Å². The number of hydrogen-bond acceptors (Lipinski definition) is 6. The molecule has 3 aromatic rings. The van der Waals surface area contributed by atoms with Gasteiger partial charge in [0.15, 0.2) is 0 Å². The monoisotopic (exact) mass is 508 g/mol. The highest BCUT2D eigenvalue weighted by Gasteiger charge is 2.25. The Labute approximate surface area is 213 Å². The minimum Gasteiger partial charge on any atom is -0.490 e. The zero-order valence-electron chi connectivity index (χ0n) is 19.7. The highest BCUT2D eigenvalue weighted by molar-refractivity contribution is 7.09. The second kappa shape index (κ2) is 12.2. The third-order valence-electron chi connectivity index (χ3n) is 5.84. The number of benzene rings is 2. The fourth-order valence-corrected chi connectivity index (χ4v) is 4.61. The highest BCUT2D eigenvalue weighted by Crippen LogP contribution is 2.21. The second-order valence-electron chi connectivity index (χ2n) is 8.50. The lowest BCUT2D eigenvalue weighted by Crippen LogP contribution is -2.43. The third-order valence-corrected chi connectivity index (χ3v) is 6.78. The van der Waals surface area contributed by atoms with E-state index in [-0.39, 0.29) is 18.4 Å². The zero-order chi connectivity index (χ0) is 25.3. The topological polar surface area (TPSA) is 105 Å². The van der Waals surface area contributed by atoms with Gasteiger partial charge in [0.25, 0.3) is 5.91 Å². The van der Waals surface area contributed by atoms with Gasteiger partial charge in [0.1, 0.15) is 17.6 Å². The molecule has 2 amide bonds. The molecule has 1 aliphatic rings. The number of hydrogen-bond donors (Lipinski definition) is 2. The molecule has 2 heterocycles. The molecule has 36 heavy (non-hydrogen) atoms. The van der Waals surface area contributed by atoms with E-state index in [4.69, 9.17) is 14.6 Å². The number of amides is 2. The number of carboxylic acids is 1. The normalized spacial score (nSPS) is 13.7. The van der Waals surface area contributed by atoms with Crippen LogP contribution in [0, 0.1) is 0 Å². The molecule has 0 radical (unpaired) electrons. The number of rotatable bonds is 9. The number of ether oxygens (including phenoxy) is 2. The van der Waals surface area contributed by atoms with Crippen molar-refractivity contribution in [2.45, 2.75) is 31.8 Å². The van der Waals surface area contributed by atoms with Crippen molar-refractivity contribution in [2.24, 2.45) is 0 Å². The van der Waals surface area contributed by atoms with E-state index < -0.39 is 12.1 Å². The summed E-state index contributed by atoms with van der Waals surface area (Å²) in [6, 6.07) is 17.6. The molecule has 2 N–H and O–H groups in total. The molecule has 0 unspecified atom stereocenters. The van der Waals surface area contributed by atoms with Crippen LogP contribution in [0.5, 0.6) is 11.5 Å². The zero-order valence-corrected chi connectivity index (χ0v) is 20.5. The maximum absolute atomic E-state index is 12.6. The summed E-state index contributed by atoms with van der Waals surface area (Å²) in [5.74, 6) is 0.0311. The Morgan fingerprint density at radius 3 is 2.31 bits per heavy atom. The van der Waals surface area contributed by atoms with Gasteiger partial charge in [-0.25, -0.2) is 4.79 Å². The van der Waals surface area contributed by atoms with Crippen LogP contribution in [0.4, 0.5) is 4.79 Å². The number of carboxylic acid groups (broad SMARTS) is 1. The quantitative estimate of drug-likeness (QED) is 0.444. The molecule has 1 fully saturated rings. The molecule has 0 aliphatic carbocycles. The molecule has 1 saturated heterocycles.